The first-order valence-corrected chi connectivity index (χ1v) is 11.9. The summed E-state index contributed by atoms with van der Waals surface area (Å²) in [6.07, 6.45) is 5.10. The molecule has 0 saturated heterocycles. The van der Waals surface area contributed by atoms with Gasteiger partial charge in [0.15, 0.2) is 0 Å². The molecule has 0 atom stereocenters. The molecule has 0 bridgehead atoms. The molecule has 0 unspecified atom stereocenters. The first-order valence-electron chi connectivity index (χ1n) is 11.4. The summed E-state index contributed by atoms with van der Waals surface area (Å²) >= 11 is 3.70. The quantitative estimate of drug-likeness (QED) is 0.226. The number of carbonyl (C=O) groups is 1. The van der Waals surface area contributed by atoms with Crippen molar-refractivity contribution in [2.24, 2.45) is 0 Å². The fraction of sp³-hybridized carbons (Fsp3) is 0.296. The van der Waals surface area contributed by atoms with Crippen molar-refractivity contribution in [3.8, 4) is 11.1 Å². The van der Waals surface area contributed by atoms with E-state index < -0.39 is 11.6 Å². The van der Waals surface area contributed by atoms with Crippen molar-refractivity contribution >= 4 is 30.3 Å². The summed E-state index contributed by atoms with van der Waals surface area (Å²) in [4.78, 5) is 12.0. The lowest BCUT2D eigenvalue weighted by molar-refractivity contribution is -0.115. The molecule has 1 aliphatic carbocycles. The number of hydrogen-bond acceptors (Lipinski definition) is 5. The minimum absolute atomic E-state index is 0.163. The van der Waals surface area contributed by atoms with Gasteiger partial charge in [0.25, 0.3) is 0 Å². The van der Waals surface area contributed by atoms with E-state index >= 15 is 0 Å². The second-order valence-electron chi connectivity index (χ2n) is 8.87. The van der Waals surface area contributed by atoms with Gasteiger partial charge in [-0.15, -0.1) is 12.6 Å². The molecule has 0 amide bonds. The molecule has 178 valence electrons. The lowest BCUT2D eigenvalue weighted by Crippen LogP contribution is -2.36. The highest BCUT2D eigenvalue weighted by atomic mass is 32.1. The fourth-order valence-corrected chi connectivity index (χ4v) is 4.83. The molecule has 3 aromatic rings. The number of fused-ring (bicyclic) bond motifs is 1. The van der Waals surface area contributed by atoms with Crippen molar-refractivity contribution in [3.05, 3.63) is 76.9 Å². The number of carbonyl (C=O) groups excluding carboxylic acids is 1. The van der Waals surface area contributed by atoms with Crippen LogP contribution in [-0.2, 0) is 23.2 Å². The molecule has 4 nitrogen and oxygen atoms in total. The number of nitrogen functional groups attached to an aromatic ring is 1. The van der Waals surface area contributed by atoms with Gasteiger partial charge in [-0.05, 0) is 78.4 Å². The van der Waals surface area contributed by atoms with Crippen molar-refractivity contribution in [2.75, 3.05) is 24.6 Å². The molecular formula is C27H29F2N3OS. The van der Waals surface area contributed by atoms with E-state index in [9.17, 15) is 13.6 Å². The third kappa shape index (κ3) is 4.81. The second kappa shape index (κ2) is 10.2. The van der Waals surface area contributed by atoms with Crippen LogP contribution in [0.1, 0.15) is 36.0 Å². The molecule has 1 fully saturated rings. The Bertz CT molecular complexity index is 1210. The Morgan fingerprint density at radius 3 is 2.50 bits per heavy atom. The van der Waals surface area contributed by atoms with Gasteiger partial charge in [0.2, 0.25) is 0 Å². The van der Waals surface area contributed by atoms with Crippen LogP contribution in [0.25, 0.3) is 11.1 Å². The third-order valence-corrected chi connectivity index (χ3v) is 7.09. The maximum atomic E-state index is 12.3. The van der Waals surface area contributed by atoms with Gasteiger partial charge < -0.3 is 21.2 Å². The van der Waals surface area contributed by atoms with Crippen LogP contribution in [0.15, 0.2) is 53.4 Å². The molecule has 1 heterocycles. The average Bonchev–Trinajstić information content (AvgIpc) is 2.81. The number of halogens is 2. The van der Waals surface area contributed by atoms with E-state index in [-0.39, 0.29) is 10.3 Å². The highest BCUT2D eigenvalue weighted by Crippen LogP contribution is 2.48. The molecule has 5 rings (SSSR count). The van der Waals surface area contributed by atoms with Gasteiger partial charge in [0.1, 0.15) is 17.9 Å². The standard InChI is InChI=1S/C21H25N3O.C6H4F2S/c1-23-20-18(15-4-3-14-5-8-24-12-16(14)9-15)10-17(22)11-19(20)21(13-25)6-2-7-21;7-4-1-2-6(9)5(8)3-4/h3-4,9-11,13,23-24H,2,5-8,12,22H2,1H3;1-3,9H. The first-order chi connectivity index (χ1) is 16.4. The number of anilines is 2. The number of benzene rings is 3. The fourth-order valence-electron chi connectivity index (χ4n) is 4.69. The number of nitrogens with one attached hydrogen (secondary N) is 2. The number of hydrogen-bond donors (Lipinski definition) is 4. The summed E-state index contributed by atoms with van der Waals surface area (Å²) in [5.41, 5.74) is 13.7. The molecule has 7 heteroatoms. The van der Waals surface area contributed by atoms with Crippen LogP contribution in [0, 0.1) is 11.6 Å². The molecule has 2 aliphatic rings. The maximum Gasteiger partial charge on any atom is 0.139 e. The Labute approximate surface area is 204 Å². The van der Waals surface area contributed by atoms with Gasteiger partial charge >= 0.3 is 0 Å². The Kier molecular flexibility index (Phi) is 7.24. The molecule has 1 saturated carbocycles. The maximum absolute atomic E-state index is 12.3. The van der Waals surface area contributed by atoms with Crippen LogP contribution in [0.4, 0.5) is 20.2 Å². The molecule has 4 N–H and O–H groups in total. The van der Waals surface area contributed by atoms with Crippen LogP contribution in [0.3, 0.4) is 0 Å². The zero-order valence-electron chi connectivity index (χ0n) is 19.1. The number of nitrogens with two attached hydrogens (primary N) is 1. The molecule has 34 heavy (non-hydrogen) atoms. The van der Waals surface area contributed by atoms with Crippen molar-refractivity contribution < 1.29 is 13.6 Å². The lowest BCUT2D eigenvalue weighted by atomic mass is 9.64. The van der Waals surface area contributed by atoms with Gasteiger partial charge in [-0.3, -0.25) is 0 Å². The van der Waals surface area contributed by atoms with Crippen molar-refractivity contribution in [3.63, 3.8) is 0 Å². The SMILES string of the molecule is CNc1c(-c2ccc3c(c2)CNCC3)cc(N)cc1C1(C=O)CCC1.Fc1ccc(S)c(F)c1. The first kappa shape index (κ1) is 24.2. The summed E-state index contributed by atoms with van der Waals surface area (Å²) in [7, 11) is 1.93. The summed E-state index contributed by atoms with van der Waals surface area (Å²) in [6, 6.07) is 13.9. The van der Waals surface area contributed by atoms with Crippen LogP contribution >= 0.6 is 12.6 Å². The van der Waals surface area contributed by atoms with Gasteiger partial charge in [0.05, 0.1) is 5.41 Å². The molecule has 1 aliphatic heterocycles. The van der Waals surface area contributed by atoms with Gasteiger partial charge in [-0.1, -0.05) is 18.6 Å². The van der Waals surface area contributed by atoms with E-state index in [0.717, 1.165) is 79.6 Å². The smallest absolute Gasteiger partial charge is 0.139 e. The largest absolute Gasteiger partial charge is 0.399 e. The summed E-state index contributed by atoms with van der Waals surface area (Å²) in [5.74, 6) is -1.20. The number of aldehydes is 1. The van der Waals surface area contributed by atoms with E-state index in [1.54, 1.807) is 0 Å². The minimum Gasteiger partial charge on any atom is -0.399 e. The van der Waals surface area contributed by atoms with E-state index in [4.69, 9.17) is 5.73 Å². The Balaban J connectivity index is 0.000000257. The van der Waals surface area contributed by atoms with E-state index in [0.29, 0.717) is 5.69 Å². The lowest BCUT2D eigenvalue weighted by Gasteiger charge is -2.39. The zero-order valence-corrected chi connectivity index (χ0v) is 20.0. The third-order valence-electron chi connectivity index (χ3n) is 6.73. The highest BCUT2D eigenvalue weighted by molar-refractivity contribution is 7.80. The van der Waals surface area contributed by atoms with E-state index in [1.165, 1.54) is 17.2 Å². The topological polar surface area (TPSA) is 67.2 Å². The summed E-state index contributed by atoms with van der Waals surface area (Å²) in [6.45, 7) is 1.95. The predicted octanol–water partition coefficient (Wildman–Crippen LogP) is 5.50. The van der Waals surface area contributed by atoms with Gasteiger partial charge in [0, 0.05) is 41.5 Å². The molecule has 0 aromatic heterocycles. The van der Waals surface area contributed by atoms with Gasteiger partial charge in [-0.25, -0.2) is 8.78 Å². The summed E-state index contributed by atoms with van der Waals surface area (Å²) in [5, 5.41) is 6.78. The normalized spacial score (nSPS) is 15.9. The van der Waals surface area contributed by atoms with Crippen LogP contribution in [-0.4, -0.2) is 19.9 Å². The number of rotatable bonds is 4. The monoisotopic (exact) mass is 481 g/mol. The highest BCUT2D eigenvalue weighted by Gasteiger charge is 2.41. The van der Waals surface area contributed by atoms with Crippen molar-refractivity contribution in [1.29, 1.82) is 0 Å². The minimum atomic E-state index is -0.627. The van der Waals surface area contributed by atoms with E-state index in [1.807, 2.05) is 19.2 Å². The molecule has 0 radical (unpaired) electrons. The second-order valence-corrected chi connectivity index (χ2v) is 9.36. The molecule has 3 aromatic carbocycles. The Morgan fingerprint density at radius 2 is 1.88 bits per heavy atom. The Hall–Kier alpha value is -2.90. The zero-order chi connectivity index (χ0) is 24.3. The van der Waals surface area contributed by atoms with Crippen LogP contribution in [0.5, 0.6) is 0 Å². The van der Waals surface area contributed by atoms with Crippen LogP contribution in [0.2, 0.25) is 0 Å². The Morgan fingerprint density at radius 1 is 1.09 bits per heavy atom. The van der Waals surface area contributed by atoms with Crippen molar-refractivity contribution in [2.45, 2.75) is 42.5 Å². The number of thiol groups is 1. The van der Waals surface area contributed by atoms with Gasteiger partial charge in [-0.2, -0.15) is 0 Å². The van der Waals surface area contributed by atoms with Crippen LogP contribution < -0.4 is 16.4 Å². The molecule has 0 spiro atoms. The van der Waals surface area contributed by atoms with E-state index in [2.05, 4.69) is 41.5 Å². The predicted molar refractivity (Wildman–Crippen MR) is 136 cm³/mol. The van der Waals surface area contributed by atoms with Crippen molar-refractivity contribution in [1.82, 2.24) is 5.32 Å². The average molecular weight is 482 g/mol. The molecular weight excluding hydrogens is 452 g/mol. The summed E-state index contributed by atoms with van der Waals surface area (Å²) < 4.78 is 24.3.